The molecule has 110 valence electrons. The van der Waals surface area contributed by atoms with E-state index in [1.54, 1.807) is 37.1 Å². The van der Waals surface area contributed by atoms with E-state index in [9.17, 15) is 14.3 Å². The number of carboxylic acid groups (broad SMARTS) is 1. The van der Waals surface area contributed by atoms with Crippen molar-refractivity contribution in [2.24, 2.45) is 0 Å². The lowest BCUT2D eigenvalue weighted by Crippen LogP contribution is -2.25. The molecule has 0 aliphatic rings. The van der Waals surface area contributed by atoms with Gasteiger partial charge in [0, 0.05) is 12.6 Å². The van der Waals surface area contributed by atoms with Crippen LogP contribution in [0.2, 0.25) is 5.15 Å². The number of aromatic nitrogens is 1. The van der Waals surface area contributed by atoms with Gasteiger partial charge >= 0.3 is 5.97 Å². The Morgan fingerprint density at radius 3 is 2.62 bits per heavy atom. The predicted octanol–water partition coefficient (Wildman–Crippen LogP) is 3.77. The van der Waals surface area contributed by atoms with Gasteiger partial charge in [-0.3, -0.25) is 0 Å². The zero-order chi connectivity index (χ0) is 15.6. The van der Waals surface area contributed by atoms with Crippen LogP contribution < -0.4 is 4.90 Å². The van der Waals surface area contributed by atoms with E-state index in [4.69, 9.17) is 11.6 Å². The highest BCUT2D eigenvalue weighted by Crippen LogP contribution is 2.29. The van der Waals surface area contributed by atoms with Gasteiger partial charge in [0.1, 0.15) is 22.4 Å². The molecule has 1 aromatic heterocycles. The summed E-state index contributed by atoms with van der Waals surface area (Å²) in [5.41, 5.74) is 0.475. The van der Waals surface area contributed by atoms with E-state index in [1.165, 1.54) is 18.2 Å². The normalized spacial score (nSPS) is 12.0. The van der Waals surface area contributed by atoms with E-state index >= 15 is 0 Å². The molecule has 0 aliphatic heterocycles. The number of carboxylic acids is 1. The molecule has 1 aromatic carbocycles. The van der Waals surface area contributed by atoms with Crippen LogP contribution in [-0.2, 0) is 0 Å². The molecule has 4 nitrogen and oxygen atoms in total. The van der Waals surface area contributed by atoms with Crippen LogP contribution in [0.3, 0.4) is 0 Å². The summed E-state index contributed by atoms with van der Waals surface area (Å²) < 4.78 is 13.9. The summed E-state index contributed by atoms with van der Waals surface area (Å²) in [6.45, 7) is 1.77. The first-order chi connectivity index (χ1) is 9.91. The Balaban J connectivity index is 2.44. The van der Waals surface area contributed by atoms with Crippen LogP contribution in [0.4, 0.5) is 10.2 Å². The molecule has 0 spiro atoms. The second kappa shape index (κ2) is 6.10. The lowest BCUT2D eigenvalue weighted by atomic mass is 10.1. The molecular weight excluding hydrogens is 295 g/mol. The van der Waals surface area contributed by atoms with Gasteiger partial charge in [-0.25, -0.2) is 14.2 Å². The molecule has 0 fully saturated rings. The predicted molar refractivity (Wildman–Crippen MR) is 79.4 cm³/mol. The topological polar surface area (TPSA) is 53.4 Å². The quantitative estimate of drug-likeness (QED) is 0.874. The van der Waals surface area contributed by atoms with E-state index in [2.05, 4.69) is 4.98 Å². The van der Waals surface area contributed by atoms with Crippen LogP contribution >= 0.6 is 11.6 Å². The SMILES string of the molecule is CC(c1ccccc1F)N(C)c1nc(Cl)ccc1C(=O)O. The van der Waals surface area contributed by atoms with Crippen molar-refractivity contribution in [3.05, 3.63) is 58.5 Å². The van der Waals surface area contributed by atoms with Crippen LogP contribution in [-0.4, -0.2) is 23.1 Å². The molecule has 2 rings (SSSR count). The summed E-state index contributed by atoms with van der Waals surface area (Å²) in [6.07, 6.45) is 0. The van der Waals surface area contributed by atoms with Gasteiger partial charge in [-0.2, -0.15) is 0 Å². The fraction of sp³-hybridized carbons (Fsp3) is 0.200. The van der Waals surface area contributed by atoms with E-state index in [1.807, 2.05) is 0 Å². The smallest absolute Gasteiger partial charge is 0.339 e. The fourth-order valence-corrected chi connectivity index (χ4v) is 2.21. The zero-order valence-corrected chi connectivity index (χ0v) is 12.3. The number of benzene rings is 1. The van der Waals surface area contributed by atoms with Crippen LogP contribution in [0.1, 0.15) is 28.9 Å². The van der Waals surface area contributed by atoms with Gasteiger partial charge in [0.15, 0.2) is 0 Å². The minimum absolute atomic E-state index is 0.0186. The molecule has 1 N–H and O–H groups in total. The molecule has 1 atom stereocenters. The van der Waals surface area contributed by atoms with Gasteiger partial charge in [-0.1, -0.05) is 29.8 Å². The van der Waals surface area contributed by atoms with Crippen molar-refractivity contribution in [2.75, 3.05) is 11.9 Å². The number of carbonyl (C=O) groups is 1. The van der Waals surface area contributed by atoms with Crippen LogP contribution in [0.15, 0.2) is 36.4 Å². The monoisotopic (exact) mass is 308 g/mol. The third-order valence-electron chi connectivity index (χ3n) is 3.34. The first-order valence-electron chi connectivity index (χ1n) is 6.29. The Hall–Kier alpha value is -2.14. The molecule has 0 amide bonds. The number of anilines is 1. The maximum Gasteiger partial charge on any atom is 0.339 e. The van der Waals surface area contributed by atoms with E-state index in [-0.39, 0.29) is 22.4 Å². The molecule has 0 saturated carbocycles. The Labute approximate surface area is 126 Å². The standard InChI is InChI=1S/C15H14ClFN2O2/c1-9(10-5-3-4-6-12(10)17)19(2)14-11(15(20)21)7-8-13(16)18-14/h3-9H,1-2H3,(H,20,21). The number of pyridine rings is 1. The minimum atomic E-state index is -1.11. The molecule has 0 aliphatic carbocycles. The summed E-state index contributed by atoms with van der Waals surface area (Å²) >= 11 is 5.84. The third-order valence-corrected chi connectivity index (χ3v) is 3.55. The second-order valence-corrected chi connectivity index (χ2v) is 5.01. The van der Waals surface area contributed by atoms with Gasteiger partial charge in [0.05, 0.1) is 6.04 Å². The lowest BCUT2D eigenvalue weighted by molar-refractivity contribution is 0.0697. The highest BCUT2D eigenvalue weighted by molar-refractivity contribution is 6.29. The number of halogens is 2. The Kier molecular flexibility index (Phi) is 4.43. The Bertz CT molecular complexity index is 678. The Morgan fingerprint density at radius 2 is 2.00 bits per heavy atom. The highest BCUT2D eigenvalue weighted by atomic mass is 35.5. The molecule has 6 heteroatoms. The molecule has 1 unspecified atom stereocenters. The lowest BCUT2D eigenvalue weighted by Gasteiger charge is -2.27. The largest absolute Gasteiger partial charge is 0.478 e. The van der Waals surface area contributed by atoms with E-state index in [0.717, 1.165) is 0 Å². The number of nitrogens with zero attached hydrogens (tertiary/aromatic N) is 2. The summed E-state index contributed by atoms with van der Waals surface area (Å²) in [5, 5.41) is 9.41. The van der Waals surface area contributed by atoms with Gasteiger partial charge in [0.25, 0.3) is 0 Å². The first kappa shape index (κ1) is 15.3. The van der Waals surface area contributed by atoms with E-state index in [0.29, 0.717) is 5.56 Å². The molecule has 1 heterocycles. The van der Waals surface area contributed by atoms with Crippen LogP contribution in [0.5, 0.6) is 0 Å². The minimum Gasteiger partial charge on any atom is -0.478 e. The van der Waals surface area contributed by atoms with Gasteiger partial charge in [0.2, 0.25) is 0 Å². The molecule has 2 aromatic rings. The van der Waals surface area contributed by atoms with Gasteiger partial charge < -0.3 is 10.0 Å². The summed E-state index contributed by atoms with van der Waals surface area (Å²) in [5.74, 6) is -1.26. The summed E-state index contributed by atoms with van der Waals surface area (Å²) in [6, 6.07) is 8.76. The summed E-state index contributed by atoms with van der Waals surface area (Å²) in [4.78, 5) is 16.9. The molecule has 21 heavy (non-hydrogen) atoms. The zero-order valence-electron chi connectivity index (χ0n) is 11.5. The maximum absolute atomic E-state index is 13.9. The highest BCUT2D eigenvalue weighted by Gasteiger charge is 2.22. The number of hydrogen-bond acceptors (Lipinski definition) is 3. The first-order valence-corrected chi connectivity index (χ1v) is 6.66. The van der Waals surface area contributed by atoms with Crippen LogP contribution in [0.25, 0.3) is 0 Å². The molecule has 0 bridgehead atoms. The van der Waals surface area contributed by atoms with Crippen molar-refractivity contribution in [3.63, 3.8) is 0 Å². The molecule has 0 saturated heterocycles. The van der Waals surface area contributed by atoms with Crippen molar-refractivity contribution < 1.29 is 14.3 Å². The molecular formula is C15H14ClFN2O2. The maximum atomic E-state index is 13.9. The average molecular weight is 309 g/mol. The number of rotatable bonds is 4. The second-order valence-electron chi connectivity index (χ2n) is 4.62. The van der Waals surface area contributed by atoms with Crippen molar-refractivity contribution in [1.29, 1.82) is 0 Å². The molecule has 0 radical (unpaired) electrons. The average Bonchev–Trinajstić information content (AvgIpc) is 2.45. The number of aromatic carboxylic acids is 1. The van der Waals surface area contributed by atoms with Crippen molar-refractivity contribution in [3.8, 4) is 0 Å². The fourth-order valence-electron chi connectivity index (χ4n) is 2.07. The van der Waals surface area contributed by atoms with E-state index < -0.39 is 12.0 Å². The van der Waals surface area contributed by atoms with Gasteiger partial charge in [-0.15, -0.1) is 0 Å². The van der Waals surface area contributed by atoms with Crippen LogP contribution in [0, 0.1) is 5.82 Å². The third kappa shape index (κ3) is 3.13. The van der Waals surface area contributed by atoms with Crippen molar-refractivity contribution in [1.82, 2.24) is 4.98 Å². The number of hydrogen-bond donors (Lipinski definition) is 1. The van der Waals surface area contributed by atoms with Crippen molar-refractivity contribution in [2.45, 2.75) is 13.0 Å². The Morgan fingerprint density at radius 1 is 1.33 bits per heavy atom. The van der Waals surface area contributed by atoms with Crippen molar-refractivity contribution >= 4 is 23.4 Å². The van der Waals surface area contributed by atoms with Gasteiger partial charge in [-0.05, 0) is 25.1 Å². The summed E-state index contributed by atoms with van der Waals surface area (Å²) in [7, 11) is 1.65.